The van der Waals surface area contributed by atoms with Gasteiger partial charge in [-0.05, 0) is 58.5 Å². The fourth-order valence-electron chi connectivity index (χ4n) is 3.70. The molecule has 146 valence electrons. The molecule has 1 saturated carbocycles. The van der Waals surface area contributed by atoms with Crippen molar-refractivity contribution < 1.29 is 5.11 Å². The largest absolute Gasteiger partial charge is 0.393 e. The van der Waals surface area contributed by atoms with E-state index in [1.165, 1.54) is 45.7 Å². The molecule has 0 aromatic heterocycles. The highest BCUT2D eigenvalue weighted by Gasteiger charge is 2.20. The number of nitrogens with zero attached hydrogens (tertiary/aromatic N) is 3. The number of nitrogens with one attached hydrogen (secondary N) is 2. The Balaban J connectivity index is 1.60. The lowest BCUT2D eigenvalue weighted by Gasteiger charge is -2.33. The standard InChI is InChI=1S/C19H39N5O/c1-3-20-19(22-17-7-9-18(25)10-8-17)21-11-5-6-12-24-15-13-23(4-2)14-16-24/h17-18,25H,3-16H2,1-2H3,(H2,20,21,22). The molecule has 0 spiro atoms. The van der Waals surface area contributed by atoms with Gasteiger partial charge in [0.1, 0.15) is 0 Å². The summed E-state index contributed by atoms with van der Waals surface area (Å²) in [4.78, 5) is 9.86. The summed E-state index contributed by atoms with van der Waals surface area (Å²) in [7, 11) is 0. The lowest BCUT2D eigenvalue weighted by atomic mass is 9.93. The van der Waals surface area contributed by atoms with Crippen molar-refractivity contribution in [3.05, 3.63) is 0 Å². The van der Waals surface area contributed by atoms with Gasteiger partial charge in [-0.15, -0.1) is 0 Å². The summed E-state index contributed by atoms with van der Waals surface area (Å²) in [5, 5.41) is 16.5. The SMILES string of the molecule is CCNC(=NCCCCN1CCN(CC)CC1)NC1CCC(O)CC1. The molecule has 2 fully saturated rings. The number of likely N-dealkylation sites (N-methyl/N-ethyl adjacent to an activating group) is 1. The van der Waals surface area contributed by atoms with Crippen molar-refractivity contribution in [2.75, 3.05) is 52.4 Å². The maximum absolute atomic E-state index is 9.62. The van der Waals surface area contributed by atoms with Crippen LogP contribution < -0.4 is 10.6 Å². The lowest BCUT2D eigenvalue weighted by molar-refractivity contribution is 0.120. The monoisotopic (exact) mass is 353 g/mol. The van der Waals surface area contributed by atoms with Crippen LogP contribution in [0.4, 0.5) is 0 Å². The summed E-state index contributed by atoms with van der Waals surface area (Å²) in [5.74, 6) is 0.945. The average Bonchev–Trinajstić information content (AvgIpc) is 2.64. The Morgan fingerprint density at radius 1 is 1.00 bits per heavy atom. The van der Waals surface area contributed by atoms with Crippen molar-refractivity contribution in [1.29, 1.82) is 0 Å². The van der Waals surface area contributed by atoms with Gasteiger partial charge in [0.05, 0.1) is 6.10 Å². The highest BCUT2D eigenvalue weighted by molar-refractivity contribution is 5.80. The van der Waals surface area contributed by atoms with Crippen molar-refractivity contribution in [3.63, 3.8) is 0 Å². The van der Waals surface area contributed by atoms with Crippen LogP contribution in [-0.2, 0) is 0 Å². The highest BCUT2D eigenvalue weighted by Crippen LogP contribution is 2.18. The summed E-state index contributed by atoms with van der Waals surface area (Å²) in [6.45, 7) is 13.4. The van der Waals surface area contributed by atoms with Gasteiger partial charge in [0, 0.05) is 45.3 Å². The molecule has 1 saturated heterocycles. The summed E-state index contributed by atoms with van der Waals surface area (Å²) < 4.78 is 0. The molecule has 0 aromatic carbocycles. The van der Waals surface area contributed by atoms with Crippen molar-refractivity contribution in [3.8, 4) is 0 Å². The van der Waals surface area contributed by atoms with Crippen LogP contribution >= 0.6 is 0 Å². The Morgan fingerprint density at radius 3 is 2.32 bits per heavy atom. The molecule has 2 aliphatic rings. The van der Waals surface area contributed by atoms with E-state index in [1.54, 1.807) is 0 Å². The quantitative estimate of drug-likeness (QED) is 0.348. The van der Waals surface area contributed by atoms with Crippen LogP contribution in [-0.4, -0.2) is 85.4 Å². The van der Waals surface area contributed by atoms with Crippen LogP contribution in [0.25, 0.3) is 0 Å². The van der Waals surface area contributed by atoms with E-state index in [9.17, 15) is 5.11 Å². The van der Waals surface area contributed by atoms with Gasteiger partial charge in [-0.1, -0.05) is 6.92 Å². The van der Waals surface area contributed by atoms with E-state index >= 15 is 0 Å². The molecule has 0 radical (unpaired) electrons. The first-order valence-electron chi connectivity index (χ1n) is 10.4. The fraction of sp³-hybridized carbons (Fsp3) is 0.947. The smallest absolute Gasteiger partial charge is 0.191 e. The topological polar surface area (TPSA) is 63.1 Å². The van der Waals surface area contributed by atoms with E-state index in [1.807, 2.05) is 0 Å². The number of aliphatic hydroxyl groups is 1. The Kier molecular flexibility index (Phi) is 9.58. The molecule has 1 aliphatic carbocycles. The second kappa shape index (κ2) is 11.7. The minimum absolute atomic E-state index is 0.100. The molecule has 0 bridgehead atoms. The number of guanidine groups is 1. The van der Waals surface area contributed by atoms with Gasteiger partial charge in [-0.2, -0.15) is 0 Å². The summed E-state index contributed by atoms with van der Waals surface area (Å²) in [6.07, 6.45) is 6.16. The van der Waals surface area contributed by atoms with Gasteiger partial charge >= 0.3 is 0 Å². The molecule has 0 aromatic rings. The number of hydrogen-bond donors (Lipinski definition) is 3. The van der Waals surface area contributed by atoms with E-state index in [4.69, 9.17) is 4.99 Å². The number of aliphatic hydroxyl groups excluding tert-OH is 1. The van der Waals surface area contributed by atoms with Crippen LogP contribution in [0.2, 0.25) is 0 Å². The third-order valence-corrected chi connectivity index (χ3v) is 5.45. The molecule has 0 amide bonds. The van der Waals surface area contributed by atoms with Gasteiger partial charge in [0.25, 0.3) is 0 Å². The Hall–Kier alpha value is -0.850. The van der Waals surface area contributed by atoms with Crippen molar-refractivity contribution in [2.24, 2.45) is 4.99 Å². The first-order valence-corrected chi connectivity index (χ1v) is 10.4. The zero-order chi connectivity index (χ0) is 17.9. The number of piperazine rings is 1. The van der Waals surface area contributed by atoms with Gasteiger partial charge in [0.15, 0.2) is 5.96 Å². The normalized spacial score (nSPS) is 26.6. The van der Waals surface area contributed by atoms with Gasteiger partial charge in [0.2, 0.25) is 0 Å². The number of unbranched alkanes of at least 4 members (excludes halogenated alkanes) is 1. The predicted molar refractivity (Wildman–Crippen MR) is 105 cm³/mol. The van der Waals surface area contributed by atoms with E-state index < -0.39 is 0 Å². The third kappa shape index (κ3) is 7.92. The van der Waals surface area contributed by atoms with Crippen LogP contribution in [0, 0.1) is 0 Å². The molecule has 2 rings (SSSR count). The molecule has 6 nitrogen and oxygen atoms in total. The molecule has 25 heavy (non-hydrogen) atoms. The molecular weight excluding hydrogens is 314 g/mol. The molecule has 0 unspecified atom stereocenters. The Morgan fingerprint density at radius 2 is 1.68 bits per heavy atom. The molecule has 3 N–H and O–H groups in total. The first kappa shape index (κ1) is 20.5. The number of hydrogen-bond acceptors (Lipinski definition) is 4. The minimum atomic E-state index is -0.100. The summed E-state index contributed by atoms with van der Waals surface area (Å²) in [5.41, 5.74) is 0. The molecule has 6 heteroatoms. The van der Waals surface area contributed by atoms with E-state index in [2.05, 4.69) is 34.3 Å². The van der Waals surface area contributed by atoms with Crippen molar-refractivity contribution >= 4 is 5.96 Å². The lowest BCUT2D eigenvalue weighted by Crippen LogP contribution is -2.46. The molecular formula is C19H39N5O. The maximum atomic E-state index is 9.62. The second-order valence-corrected chi connectivity index (χ2v) is 7.39. The maximum Gasteiger partial charge on any atom is 0.191 e. The van der Waals surface area contributed by atoms with Gasteiger partial charge in [-0.25, -0.2) is 0 Å². The predicted octanol–water partition coefficient (Wildman–Crippen LogP) is 1.26. The minimum Gasteiger partial charge on any atom is -0.393 e. The number of rotatable bonds is 8. The van der Waals surface area contributed by atoms with E-state index in [0.29, 0.717) is 6.04 Å². The highest BCUT2D eigenvalue weighted by atomic mass is 16.3. The first-order chi connectivity index (χ1) is 12.2. The second-order valence-electron chi connectivity index (χ2n) is 7.39. The summed E-state index contributed by atoms with van der Waals surface area (Å²) in [6, 6.07) is 0.455. The third-order valence-electron chi connectivity index (χ3n) is 5.45. The summed E-state index contributed by atoms with van der Waals surface area (Å²) >= 11 is 0. The molecule has 0 atom stereocenters. The van der Waals surface area contributed by atoms with Crippen LogP contribution in [0.15, 0.2) is 4.99 Å². The molecule has 1 aliphatic heterocycles. The van der Waals surface area contributed by atoms with Gasteiger partial charge < -0.3 is 25.5 Å². The van der Waals surface area contributed by atoms with Crippen molar-refractivity contribution in [1.82, 2.24) is 20.4 Å². The Bertz CT molecular complexity index is 374. The Labute approximate surface area is 154 Å². The van der Waals surface area contributed by atoms with E-state index in [0.717, 1.165) is 51.2 Å². The van der Waals surface area contributed by atoms with Gasteiger partial charge in [-0.3, -0.25) is 4.99 Å². The molecule has 1 heterocycles. The van der Waals surface area contributed by atoms with Crippen LogP contribution in [0.1, 0.15) is 52.4 Å². The van der Waals surface area contributed by atoms with Crippen LogP contribution in [0.3, 0.4) is 0 Å². The zero-order valence-corrected chi connectivity index (χ0v) is 16.3. The zero-order valence-electron chi connectivity index (χ0n) is 16.3. The van der Waals surface area contributed by atoms with Crippen molar-refractivity contribution in [2.45, 2.75) is 64.5 Å². The average molecular weight is 354 g/mol. The van der Waals surface area contributed by atoms with Crippen LogP contribution in [0.5, 0.6) is 0 Å². The number of aliphatic imine (C=N–C) groups is 1. The van der Waals surface area contributed by atoms with E-state index in [-0.39, 0.29) is 6.10 Å². The fourth-order valence-corrected chi connectivity index (χ4v) is 3.70.